The summed E-state index contributed by atoms with van der Waals surface area (Å²) in [7, 11) is 1.75. The minimum absolute atomic E-state index is 0.185. The molecule has 0 bridgehead atoms. The molecule has 1 atom stereocenters. The fourth-order valence-electron chi connectivity index (χ4n) is 1.39. The molecule has 1 aromatic rings. The Morgan fingerprint density at radius 2 is 2.14 bits per heavy atom. The molecule has 0 amide bonds. The number of hydrogen-bond acceptors (Lipinski definition) is 2. The Kier molecular flexibility index (Phi) is 3.98. The second-order valence-electron chi connectivity index (χ2n) is 3.16. The second kappa shape index (κ2) is 5.02. The number of halogens is 2. The van der Waals surface area contributed by atoms with Crippen LogP contribution < -0.4 is 11.1 Å². The van der Waals surface area contributed by atoms with Gasteiger partial charge in [-0.1, -0.05) is 0 Å². The summed E-state index contributed by atoms with van der Waals surface area (Å²) in [5.74, 6) is -1.02. The summed E-state index contributed by atoms with van der Waals surface area (Å²) in [4.78, 5) is 0. The van der Waals surface area contributed by atoms with Crippen LogP contribution in [0, 0.1) is 11.6 Å². The van der Waals surface area contributed by atoms with Crippen LogP contribution in [0.1, 0.15) is 11.5 Å². The monoisotopic (exact) mass is 200 g/mol. The van der Waals surface area contributed by atoms with Crippen LogP contribution in [0.15, 0.2) is 18.2 Å². The lowest BCUT2D eigenvalue weighted by Crippen LogP contribution is -2.24. The highest BCUT2D eigenvalue weighted by atomic mass is 19.1. The van der Waals surface area contributed by atoms with Gasteiger partial charge in [0.05, 0.1) is 0 Å². The van der Waals surface area contributed by atoms with Gasteiger partial charge in [0.2, 0.25) is 0 Å². The Balaban J connectivity index is 2.96. The molecular formula is C10H14F2N2. The zero-order valence-corrected chi connectivity index (χ0v) is 8.06. The van der Waals surface area contributed by atoms with Crippen molar-refractivity contribution in [3.05, 3.63) is 35.4 Å². The van der Waals surface area contributed by atoms with E-state index in [1.807, 2.05) is 0 Å². The Bertz CT molecular complexity index is 302. The second-order valence-corrected chi connectivity index (χ2v) is 3.16. The smallest absolute Gasteiger partial charge is 0.126 e. The van der Waals surface area contributed by atoms with Crippen molar-refractivity contribution >= 4 is 0 Å². The zero-order valence-electron chi connectivity index (χ0n) is 8.06. The minimum atomic E-state index is -0.434. The number of hydrogen-bond donors (Lipinski definition) is 2. The molecule has 3 N–H and O–H groups in total. The summed E-state index contributed by atoms with van der Waals surface area (Å²) in [6.45, 7) is 0.831. The van der Waals surface area contributed by atoms with Crippen LogP contribution in [0.5, 0.6) is 0 Å². The molecule has 0 saturated heterocycles. The van der Waals surface area contributed by atoms with Crippen molar-refractivity contribution in [2.45, 2.75) is 5.92 Å². The first-order valence-corrected chi connectivity index (χ1v) is 4.48. The van der Waals surface area contributed by atoms with Crippen molar-refractivity contribution in [1.82, 2.24) is 5.32 Å². The molecule has 0 aliphatic heterocycles. The lowest BCUT2D eigenvalue weighted by atomic mass is 9.98. The highest BCUT2D eigenvalue weighted by Crippen LogP contribution is 2.18. The Morgan fingerprint density at radius 1 is 1.43 bits per heavy atom. The first kappa shape index (κ1) is 11.1. The van der Waals surface area contributed by atoms with E-state index < -0.39 is 11.6 Å². The van der Waals surface area contributed by atoms with Gasteiger partial charge in [0.1, 0.15) is 11.6 Å². The van der Waals surface area contributed by atoms with E-state index in [4.69, 9.17) is 5.73 Å². The quantitative estimate of drug-likeness (QED) is 0.767. The number of nitrogens with one attached hydrogen (secondary N) is 1. The van der Waals surface area contributed by atoms with Gasteiger partial charge in [-0.2, -0.15) is 0 Å². The van der Waals surface area contributed by atoms with Gasteiger partial charge in [0.25, 0.3) is 0 Å². The molecule has 0 heterocycles. The Hall–Kier alpha value is -1.00. The van der Waals surface area contributed by atoms with E-state index in [1.54, 1.807) is 7.05 Å². The van der Waals surface area contributed by atoms with E-state index in [0.29, 0.717) is 18.7 Å². The van der Waals surface area contributed by atoms with Gasteiger partial charge in [-0.05, 0) is 30.8 Å². The molecule has 0 radical (unpaired) electrons. The Morgan fingerprint density at radius 3 is 2.71 bits per heavy atom. The Labute approximate surface area is 82.1 Å². The summed E-state index contributed by atoms with van der Waals surface area (Å²) in [5.41, 5.74) is 5.82. The normalized spacial score (nSPS) is 12.9. The molecule has 78 valence electrons. The van der Waals surface area contributed by atoms with Crippen LogP contribution in [0.3, 0.4) is 0 Å². The first-order chi connectivity index (χ1) is 6.69. The third kappa shape index (κ3) is 2.49. The molecular weight excluding hydrogens is 186 g/mol. The number of rotatable bonds is 4. The number of benzene rings is 1. The van der Waals surface area contributed by atoms with E-state index in [1.165, 1.54) is 6.07 Å². The molecule has 1 rings (SSSR count). The van der Waals surface area contributed by atoms with E-state index in [0.717, 1.165) is 12.1 Å². The first-order valence-electron chi connectivity index (χ1n) is 4.48. The van der Waals surface area contributed by atoms with Crippen molar-refractivity contribution in [3.63, 3.8) is 0 Å². The maximum atomic E-state index is 13.3. The number of nitrogens with two attached hydrogens (primary N) is 1. The van der Waals surface area contributed by atoms with Crippen molar-refractivity contribution in [2.24, 2.45) is 5.73 Å². The third-order valence-corrected chi connectivity index (χ3v) is 2.13. The van der Waals surface area contributed by atoms with E-state index in [2.05, 4.69) is 5.32 Å². The topological polar surface area (TPSA) is 38.0 Å². The molecule has 0 spiro atoms. The third-order valence-electron chi connectivity index (χ3n) is 2.13. The largest absolute Gasteiger partial charge is 0.330 e. The van der Waals surface area contributed by atoms with Crippen LogP contribution in [-0.2, 0) is 0 Å². The zero-order chi connectivity index (χ0) is 10.6. The van der Waals surface area contributed by atoms with Crippen molar-refractivity contribution < 1.29 is 8.78 Å². The molecule has 1 unspecified atom stereocenters. The predicted molar refractivity (Wildman–Crippen MR) is 52.1 cm³/mol. The SMILES string of the molecule is CNCC(CN)c1cc(F)ccc1F. The average molecular weight is 200 g/mol. The van der Waals surface area contributed by atoms with Crippen LogP contribution in [0.25, 0.3) is 0 Å². The maximum absolute atomic E-state index is 13.3. The van der Waals surface area contributed by atoms with Crippen LogP contribution in [0.2, 0.25) is 0 Å². The summed E-state index contributed by atoms with van der Waals surface area (Å²) in [6.07, 6.45) is 0. The number of likely N-dealkylation sites (N-methyl/N-ethyl adjacent to an activating group) is 1. The molecule has 2 nitrogen and oxygen atoms in total. The van der Waals surface area contributed by atoms with Gasteiger partial charge in [-0.3, -0.25) is 0 Å². The molecule has 0 aromatic heterocycles. The minimum Gasteiger partial charge on any atom is -0.330 e. The molecule has 0 aliphatic carbocycles. The van der Waals surface area contributed by atoms with Crippen molar-refractivity contribution in [3.8, 4) is 0 Å². The van der Waals surface area contributed by atoms with Gasteiger partial charge < -0.3 is 11.1 Å². The van der Waals surface area contributed by atoms with Gasteiger partial charge in [0, 0.05) is 19.0 Å². The van der Waals surface area contributed by atoms with Crippen LogP contribution in [-0.4, -0.2) is 20.1 Å². The van der Waals surface area contributed by atoms with E-state index >= 15 is 0 Å². The molecule has 0 saturated carbocycles. The average Bonchev–Trinajstić information content (AvgIpc) is 2.18. The molecule has 0 aliphatic rings. The van der Waals surface area contributed by atoms with Crippen LogP contribution in [0.4, 0.5) is 8.78 Å². The highest BCUT2D eigenvalue weighted by Gasteiger charge is 2.14. The molecule has 0 fully saturated rings. The van der Waals surface area contributed by atoms with Gasteiger partial charge in [0.15, 0.2) is 0 Å². The van der Waals surface area contributed by atoms with Crippen LogP contribution >= 0.6 is 0 Å². The fourth-order valence-corrected chi connectivity index (χ4v) is 1.39. The molecule has 1 aromatic carbocycles. The van der Waals surface area contributed by atoms with Crippen molar-refractivity contribution in [1.29, 1.82) is 0 Å². The predicted octanol–water partition coefficient (Wildman–Crippen LogP) is 1.23. The fraction of sp³-hybridized carbons (Fsp3) is 0.400. The lowest BCUT2D eigenvalue weighted by Gasteiger charge is -2.15. The van der Waals surface area contributed by atoms with E-state index in [-0.39, 0.29) is 5.92 Å². The highest BCUT2D eigenvalue weighted by molar-refractivity contribution is 5.23. The maximum Gasteiger partial charge on any atom is 0.126 e. The summed E-state index contributed by atoms with van der Waals surface area (Å²) in [6, 6.07) is 3.43. The van der Waals surface area contributed by atoms with Gasteiger partial charge >= 0.3 is 0 Å². The summed E-state index contributed by atoms with van der Waals surface area (Å²) < 4.78 is 26.1. The summed E-state index contributed by atoms with van der Waals surface area (Å²) >= 11 is 0. The standard InChI is InChI=1S/C10H14F2N2/c1-14-6-7(5-13)9-4-8(11)2-3-10(9)12/h2-4,7,14H,5-6,13H2,1H3. The van der Waals surface area contributed by atoms with E-state index in [9.17, 15) is 8.78 Å². The lowest BCUT2D eigenvalue weighted by molar-refractivity contribution is 0.547. The molecule has 4 heteroatoms. The van der Waals surface area contributed by atoms with Gasteiger partial charge in [-0.25, -0.2) is 8.78 Å². The summed E-state index contributed by atoms with van der Waals surface area (Å²) in [5, 5.41) is 2.89. The van der Waals surface area contributed by atoms with Gasteiger partial charge in [-0.15, -0.1) is 0 Å². The molecule has 14 heavy (non-hydrogen) atoms. The van der Waals surface area contributed by atoms with Crippen molar-refractivity contribution in [2.75, 3.05) is 20.1 Å².